The largest absolute Gasteiger partial charge is 0.496 e. The molecule has 0 spiro atoms. The highest BCUT2D eigenvalue weighted by molar-refractivity contribution is 5.65. The number of aryl methyl sites for hydroxylation is 2. The van der Waals surface area contributed by atoms with E-state index in [1.54, 1.807) is 7.11 Å². The maximum atomic E-state index is 5.30. The molecule has 1 aliphatic carbocycles. The van der Waals surface area contributed by atoms with Gasteiger partial charge in [0.2, 0.25) is 0 Å². The summed E-state index contributed by atoms with van der Waals surface area (Å²) in [5.41, 5.74) is 3.42. The quantitative estimate of drug-likeness (QED) is 0.915. The summed E-state index contributed by atoms with van der Waals surface area (Å²) in [6.07, 6.45) is 2.51. The number of nitrogens with zero attached hydrogens (tertiary/aromatic N) is 2. The summed E-state index contributed by atoms with van der Waals surface area (Å²) in [6, 6.07) is 8.95. The van der Waals surface area contributed by atoms with Gasteiger partial charge < -0.3 is 10.1 Å². The van der Waals surface area contributed by atoms with E-state index in [0.717, 1.165) is 28.4 Å². The zero-order valence-electron chi connectivity index (χ0n) is 11.6. The van der Waals surface area contributed by atoms with E-state index >= 15 is 0 Å². The van der Waals surface area contributed by atoms with Gasteiger partial charge in [-0.15, -0.1) is 0 Å². The Morgan fingerprint density at radius 1 is 1.32 bits per heavy atom. The fourth-order valence-corrected chi connectivity index (χ4v) is 2.28. The molecule has 1 aromatic heterocycles. The van der Waals surface area contributed by atoms with Crippen LogP contribution in [-0.2, 0) is 7.05 Å². The van der Waals surface area contributed by atoms with Crippen molar-refractivity contribution in [1.82, 2.24) is 9.78 Å². The van der Waals surface area contributed by atoms with Crippen molar-refractivity contribution in [2.75, 3.05) is 12.4 Å². The molecule has 0 unspecified atom stereocenters. The van der Waals surface area contributed by atoms with Crippen molar-refractivity contribution in [3.05, 3.63) is 29.8 Å². The predicted molar refractivity (Wildman–Crippen MR) is 76.6 cm³/mol. The smallest absolute Gasteiger partial charge is 0.148 e. The lowest BCUT2D eigenvalue weighted by atomic mass is 10.1. The molecule has 1 fully saturated rings. The van der Waals surface area contributed by atoms with Crippen LogP contribution in [0.5, 0.6) is 5.75 Å². The molecule has 1 heterocycles. The lowest BCUT2D eigenvalue weighted by Gasteiger charge is -2.07. The Morgan fingerprint density at radius 3 is 2.74 bits per heavy atom. The first kappa shape index (κ1) is 12.1. The van der Waals surface area contributed by atoms with Crippen LogP contribution in [0, 0.1) is 6.92 Å². The van der Waals surface area contributed by atoms with Crippen molar-refractivity contribution in [1.29, 1.82) is 0 Å². The first-order valence-electron chi connectivity index (χ1n) is 6.63. The SMILES string of the molecule is COc1ccc(-c2cc(NC3CC3)nn2C)cc1C. The Morgan fingerprint density at radius 2 is 2.11 bits per heavy atom. The fraction of sp³-hybridized carbons (Fsp3) is 0.400. The standard InChI is InChI=1S/C15H19N3O/c1-10-8-11(4-7-14(10)19-3)13-9-15(17-18(13)2)16-12-5-6-12/h4,7-9,12H,5-6H2,1-3H3,(H,16,17). The molecule has 0 aliphatic heterocycles. The minimum absolute atomic E-state index is 0.625. The molecule has 3 rings (SSSR count). The number of methoxy groups -OCH3 is 1. The second kappa shape index (κ2) is 4.61. The second-order valence-electron chi connectivity index (χ2n) is 5.14. The van der Waals surface area contributed by atoms with Crippen molar-refractivity contribution >= 4 is 5.82 Å². The van der Waals surface area contributed by atoms with Gasteiger partial charge in [0.15, 0.2) is 0 Å². The molecule has 1 aliphatic rings. The van der Waals surface area contributed by atoms with Gasteiger partial charge in [0, 0.05) is 24.7 Å². The zero-order valence-corrected chi connectivity index (χ0v) is 11.6. The summed E-state index contributed by atoms with van der Waals surface area (Å²) in [4.78, 5) is 0. The maximum Gasteiger partial charge on any atom is 0.148 e. The summed E-state index contributed by atoms with van der Waals surface area (Å²) in [5.74, 6) is 1.88. The van der Waals surface area contributed by atoms with E-state index in [2.05, 4.69) is 35.5 Å². The summed E-state index contributed by atoms with van der Waals surface area (Å²) >= 11 is 0. The van der Waals surface area contributed by atoms with Crippen LogP contribution in [0.25, 0.3) is 11.3 Å². The highest BCUT2D eigenvalue weighted by Crippen LogP contribution is 2.29. The molecule has 0 bridgehead atoms. The van der Waals surface area contributed by atoms with Gasteiger partial charge in [-0.25, -0.2) is 0 Å². The summed E-state index contributed by atoms with van der Waals surface area (Å²) < 4.78 is 7.22. The number of hydrogen-bond acceptors (Lipinski definition) is 3. The van der Waals surface area contributed by atoms with Crippen LogP contribution in [0.1, 0.15) is 18.4 Å². The molecule has 1 aromatic carbocycles. The van der Waals surface area contributed by atoms with E-state index in [4.69, 9.17) is 4.74 Å². The highest BCUT2D eigenvalue weighted by Gasteiger charge is 2.22. The lowest BCUT2D eigenvalue weighted by molar-refractivity contribution is 0.412. The average molecular weight is 257 g/mol. The van der Waals surface area contributed by atoms with Crippen molar-refractivity contribution in [2.45, 2.75) is 25.8 Å². The third kappa shape index (κ3) is 2.43. The molecule has 1 N–H and O–H groups in total. The van der Waals surface area contributed by atoms with E-state index in [0.29, 0.717) is 6.04 Å². The van der Waals surface area contributed by atoms with E-state index in [1.807, 2.05) is 17.8 Å². The van der Waals surface area contributed by atoms with Crippen LogP contribution < -0.4 is 10.1 Å². The van der Waals surface area contributed by atoms with Gasteiger partial charge in [-0.3, -0.25) is 4.68 Å². The van der Waals surface area contributed by atoms with Gasteiger partial charge in [0.1, 0.15) is 11.6 Å². The summed E-state index contributed by atoms with van der Waals surface area (Å²) in [7, 11) is 3.68. The molecular formula is C15H19N3O. The van der Waals surface area contributed by atoms with Crippen molar-refractivity contribution in [2.24, 2.45) is 7.05 Å². The summed E-state index contributed by atoms with van der Waals surface area (Å²) in [5, 5.41) is 7.94. The van der Waals surface area contributed by atoms with Crippen molar-refractivity contribution < 1.29 is 4.74 Å². The van der Waals surface area contributed by atoms with E-state index in [1.165, 1.54) is 12.8 Å². The Kier molecular flexibility index (Phi) is 2.93. The third-order valence-corrected chi connectivity index (χ3v) is 3.50. The Labute approximate surface area is 113 Å². The number of rotatable bonds is 4. The molecule has 0 saturated heterocycles. The molecule has 0 radical (unpaired) electrons. The Hall–Kier alpha value is -1.97. The van der Waals surface area contributed by atoms with E-state index < -0.39 is 0 Å². The van der Waals surface area contributed by atoms with E-state index in [-0.39, 0.29) is 0 Å². The molecule has 1 saturated carbocycles. The topological polar surface area (TPSA) is 39.1 Å². The number of ether oxygens (including phenoxy) is 1. The molecule has 19 heavy (non-hydrogen) atoms. The van der Waals surface area contributed by atoms with E-state index in [9.17, 15) is 0 Å². The third-order valence-electron chi connectivity index (χ3n) is 3.50. The van der Waals surface area contributed by atoms with Crippen LogP contribution in [0.2, 0.25) is 0 Å². The highest BCUT2D eigenvalue weighted by atomic mass is 16.5. The van der Waals surface area contributed by atoms with Crippen LogP contribution in [0.4, 0.5) is 5.82 Å². The maximum absolute atomic E-state index is 5.30. The Balaban J connectivity index is 1.91. The van der Waals surface area contributed by atoms with Gasteiger partial charge in [-0.05, 0) is 43.5 Å². The van der Waals surface area contributed by atoms with Crippen LogP contribution >= 0.6 is 0 Å². The first-order valence-corrected chi connectivity index (χ1v) is 6.63. The number of benzene rings is 1. The lowest BCUT2D eigenvalue weighted by Crippen LogP contribution is -2.02. The molecule has 0 amide bonds. The van der Waals surface area contributed by atoms with Crippen LogP contribution in [0.15, 0.2) is 24.3 Å². The number of anilines is 1. The molecule has 2 aromatic rings. The average Bonchev–Trinajstić information content (AvgIpc) is 3.12. The minimum Gasteiger partial charge on any atom is -0.496 e. The molecule has 4 nitrogen and oxygen atoms in total. The van der Waals surface area contributed by atoms with Gasteiger partial charge in [-0.2, -0.15) is 5.10 Å². The second-order valence-corrected chi connectivity index (χ2v) is 5.14. The van der Waals surface area contributed by atoms with Crippen LogP contribution in [-0.4, -0.2) is 22.9 Å². The molecule has 4 heteroatoms. The van der Waals surface area contributed by atoms with Crippen LogP contribution in [0.3, 0.4) is 0 Å². The monoisotopic (exact) mass is 257 g/mol. The van der Waals surface area contributed by atoms with Gasteiger partial charge >= 0.3 is 0 Å². The normalized spacial score (nSPS) is 14.5. The molecular weight excluding hydrogens is 238 g/mol. The number of hydrogen-bond donors (Lipinski definition) is 1. The van der Waals surface area contributed by atoms with Crippen molar-refractivity contribution in [3.63, 3.8) is 0 Å². The summed E-state index contributed by atoms with van der Waals surface area (Å²) in [6.45, 7) is 2.06. The van der Waals surface area contributed by atoms with Gasteiger partial charge in [0.25, 0.3) is 0 Å². The zero-order chi connectivity index (χ0) is 13.4. The number of nitrogens with one attached hydrogen (secondary N) is 1. The minimum atomic E-state index is 0.625. The Bertz CT molecular complexity index is 599. The first-order chi connectivity index (χ1) is 9.17. The predicted octanol–water partition coefficient (Wildman–Crippen LogP) is 2.98. The fourth-order valence-electron chi connectivity index (χ4n) is 2.28. The van der Waals surface area contributed by atoms with Crippen molar-refractivity contribution in [3.8, 4) is 17.0 Å². The molecule has 100 valence electrons. The molecule has 0 atom stereocenters. The number of aromatic nitrogens is 2. The van der Waals surface area contributed by atoms with Gasteiger partial charge in [-0.1, -0.05) is 0 Å². The van der Waals surface area contributed by atoms with Gasteiger partial charge in [0.05, 0.1) is 12.8 Å².